The Morgan fingerprint density at radius 2 is 0.851 bits per heavy atom. The Hall–Kier alpha value is -10.2. The summed E-state index contributed by atoms with van der Waals surface area (Å²) in [6.45, 7) is 3.89. The number of hydrogen-bond donors (Lipinski definition) is 0. The summed E-state index contributed by atoms with van der Waals surface area (Å²) in [6, 6.07) is 72.3. The molecule has 0 saturated heterocycles. The van der Waals surface area contributed by atoms with Crippen LogP contribution in [0.5, 0.6) is 0 Å². The molecule has 0 saturated carbocycles. The van der Waals surface area contributed by atoms with Crippen LogP contribution in [0.25, 0.3) is 143 Å². The van der Waals surface area contributed by atoms with Gasteiger partial charge in [0.2, 0.25) is 17.1 Å². The average Bonchev–Trinajstić information content (AvgIpc) is 1.57. The number of nitrogens with zero attached hydrogens (tertiary/aromatic N) is 6. The van der Waals surface area contributed by atoms with Gasteiger partial charge in [0.1, 0.15) is 21.1 Å². The third kappa shape index (κ3) is 9.21. The molecule has 0 radical (unpaired) electrons. The van der Waals surface area contributed by atoms with Gasteiger partial charge in [-0.05, 0) is 127 Å². The van der Waals surface area contributed by atoms with Crippen LogP contribution in [-0.2, 0) is 42.3 Å². The van der Waals surface area contributed by atoms with Gasteiger partial charge in [-0.25, -0.2) is 13.7 Å². The minimum Gasteiger partial charge on any atom is -0.343 e. The Kier molecular flexibility index (Phi) is 11.8. The number of hydrogen-bond acceptors (Lipinski definition) is 0. The van der Waals surface area contributed by atoms with Gasteiger partial charge in [0.25, 0.3) is 0 Å². The van der Waals surface area contributed by atoms with Crippen molar-refractivity contribution < 1.29 is 21.9 Å². The molecule has 10 aromatic carbocycles. The number of fused-ring (bicyclic) bond motifs is 14. The van der Waals surface area contributed by atoms with Crippen LogP contribution in [0.3, 0.4) is 0 Å². The van der Waals surface area contributed by atoms with E-state index in [1.807, 2.05) is 54.4 Å². The second kappa shape index (κ2) is 21.4. The summed E-state index contributed by atoms with van der Waals surface area (Å²) in [5, 5.41) is 14.3. The van der Waals surface area contributed by atoms with E-state index in [-0.39, 0.29) is 11.1 Å². The highest BCUT2D eigenvalue weighted by molar-refractivity contribution is 6.20. The molecule has 0 spiro atoms. The first-order valence-electron chi connectivity index (χ1n) is 32.8. The molecule has 0 N–H and O–H groups in total. The van der Waals surface area contributed by atoms with E-state index in [1.54, 1.807) is 18.3 Å². The number of rotatable bonds is 4. The number of aromatic nitrogens is 6. The molecule has 6 nitrogen and oxygen atoms in total. The highest BCUT2D eigenvalue weighted by atomic mass is 15.0. The Balaban J connectivity index is 0.000000125. The van der Waals surface area contributed by atoms with Crippen molar-refractivity contribution in [2.45, 2.75) is 41.4 Å². The lowest BCUT2D eigenvalue weighted by Crippen LogP contribution is -2.31. The van der Waals surface area contributed by atoms with Crippen LogP contribution in [0, 0.1) is 41.4 Å². The van der Waals surface area contributed by atoms with Crippen LogP contribution >= 0.6 is 0 Å². The van der Waals surface area contributed by atoms with Crippen LogP contribution in [0.1, 0.15) is 41.6 Å². The largest absolute Gasteiger partial charge is 0.343 e. The van der Waals surface area contributed by atoms with Crippen LogP contribution in [0.15, 0.2) is 225 Å². The van der Waals surface area contributed by atoms with Crippen molar-refractivity contribution in [2.75, 3.05) is 0 Å². The van der Waals surface area contributed by atoms with E-state index in [9.17, 15) is 0 Å². The fraction of sp³-hybridized carbons (Fsp3) is 0.148. The molecule has 6 heterocycles. The van der Waals surface area contributed by atoms with Gasteiger partial charge < -0.3 is 13.7 Å². The predicted octanol–water partition coefficient (Wildman–Crippen LogP) is 18.4. The zero-order valence-corrected chi connectivity index (χ0v) is 51.0. The van der Waals surface area contributed by atoms with Crippen molar-refractivity contribution in [2.24, 2.45) is 42.3 Å². The maximum Gasteiger partial charge on any atom is 0.222 e. The first kappa shape index (κ1) is 48.1. The number of benzene rings is 10. The summed E-state index contributed by atoms with van der Waals surface area (Å²) < 4.78 is 61.6. The zero-order valence-electron chi connectivity index (χ0n) is 57.0. The zero-order chi connectivity index (χ0) is 65.1. The summed E-state index contributed by atoms with van der Waals surface area (Å²) in [6.07, 6.45) is 6.24. The van der Waals surface area contributed by atoms with E-state index >= 15 is 0 Å². The van der Waals surface area contributed by atoms with Crippen LogP contribution in [0.2, 0.25) is 0 Å². The molecular formula is C81H73N6+3. The summed E-state index contributed by atoms with van der Waals surface area (Å²) in [4.78, 5) is 0. The van der Waals surface area contributed by atoms with Gasteiger partial charge in [-0.1, -0.05) is 169 Å². The van der Waals surface area contributed by atoms with Gasteiger partial charge in [0, 0.05) is 96.2 Å². The highest BCUT2D eigenvalue weighted by Gasteiger charge is 2.26. The van der Waals surface area contributed by atoms with Crippen molar-refractivity contribution >= 4 is 97.7 Å². The Morgan fingerprint density at radius 1 is 0.322 bits per heavy atom. The van der Waals surface area contributed by atoms with E-state index in [4.69, 9.17) is 8.22 Å². The monoisotopic (exact) mass is 1140 g/mol. The van der Waals surface area contributed by atoms with Crippen molar-refractivity contribution in [3.05, 3.63) is 258 Å². The van der Waals surface area contributed by atoms with Crippen molar-refractivity contribution in [3.63, 3.8) is 0 Å². The van der Waals surface area contributed by atoms with Crippen LogP contribution in [0.4, 0.5) is 0 Å². The van der Waals surface area contributed by atoms with Gasteiger partial charge in [0.15, 0.2) is 18.6 Å². The predicted molar refractivity (Wildman–Crippen MR) is 367 cm³/mol. The summed E-state index contributed by atoms with van der Waals surface area (Å²) in [7, 11) is 12.4. The van der Waals surface area contributed by atoms with E-state index in [0.717, 1.165) is 55.0 Å². The molecule has 0 unspecified atom stereocenters. The molecule has 0 atom stereocenters. The van der Waals surface area contributed by atoms with Crippen molar-refractivity contribution in [1.29, 1.82) is 0 Å². The third-order valence-corrected chi connectivity index (χ3v) is 18.3. The molecule has 0 aliphatic heterocycles. The SMILES string of the molecule is Cc1ccc(-c2cc3c(c[n+]2C)c2ccc4ccccc4c2n3C)c(C)c1.Cc1ccccc1-c1cc2c(c[n+]1C)c1ccc3ccccc3c1n2C.[2H]C([2H])([2H])c1ccc(-c2c3c4cc5cc(-c6ccccc6)ccc5cc4n(C)c3c(C([2H])([2H])[2H])c[n+]2C)c(C)c1. The lowest BCUT2D eigenvalue weighted by Gasteiger charge is -2.09. The van der Waals surface area contributed by atoms with Gasteiger partial charge in [0.05, 0.1) is 43.7 Å². The maximum absolute atomic E-state index is 8.35. The fourth-order valence-corrected chi connectivity index (χ4v) is 13.9. The van der Waals surface area contributed by atoms with E-state index in [1.165, 1.54) is 104 Å². The first-order valence-corrected chi connectivity index (χ1v) is 29.8. The maximum atomic E-state index is 8.35. The highest BCUT2D eigenvalue weighted by Crippen LogP contribution is 2.41. The van der Waals surface area contributed by atoms with Gasteiger partial charge in [-0.15, -0.1) is 0 Å². The molecule has 0 fully saturated rings. The molecule has 16 aromatic rings. The molecular weight excluding hydrogens is 1060 g/mol. The molecule has 0 aliphatic carbocycles. The molecule has 6 aromatic heterocycles. The summed E-state index contributed by atoms with van der Waals surface area (Å²) >= 11 is 0. The van der Waals surface area contributed by atoms with Gasteiger partial charge >= 0.3 is 0 Å². The summed E-state index contributed by atoms with van der Waals surface area (Å²) in [5.41, 5.74) is 21.0. The third-order valence-electron chi connectivity index (χ3n) is 18.3. The van der Waals surface area contributed by atoms with Gasteiger partial charge in [-0.3, -0.25) is 0 Å². The lowest BCUT2D eigenvalue weighted by atomic mass is 9.96. The molecule has 16 rings (SSSR count). The summed E-state index contributed by atoms with van der Waals surface area (Å²) in [5.74, 6) is 0. The fourth-order valence-electron chi connectivity index (χ4n) is 13.9. The molecule has 0 amide bonds. The lowest BCUT2D eigenvalue weighted by molar-refractivity contribution is -0.659. The molecule has 424 valence electrons. The van der Waals surface area contributed by atoms with Gasteiger partial charge in [-0.2, -0.15) is 0 Å². The minimum absolute atomic E-state index is 0.276. The Bertz CT molecular complexity index is 5730. The number of pyridine rings is 3. The van der Waals surface area contributed by atoms with Crippen LogP contribution in [-0.4, -0.2) is 13.7 Å². The van der Waals surface area contributed by atoms with E-state index in [0.29, 0.717) is 5.52 Å². The Labute approximate surface area is 517 Å². The second-order valence-electron chi connectivity index (χ2n) is 23.9. The Morgan fingerprint density at radius 3 is 1.46 bits per heavy atom. The van der Waals surface area contributed by atoms with Crippen molar-refractivity contribution in [3.8, 4) is 44.9 Å². The topological polar surface area (TPSA) is 26.4 Å². The first-order chi connectivity index (χ1) is 44.5. The van der Waals surface area contributed by atoms with E-state index < -0.39 is 13.7 Å². The molecule has 0 aliphatic rings. The minimum atomic E-state index is -2.32. The van der Waals surface area contributed by atoms with Crippen LogP contribution < -0.4 is 13.7 Å². The smallest absolute Gasteiger partial charge is 0.222 e. The van der Waals surface area contributed by atoms with Crippen molar-refractivity contribution in [1.82, 2.24) is 13.7 Å². The molecule has 0 bridgehead atoms. The standard InChI is InChI=1S/C32H29N2.C25H23N2.C24H21N2/c1-20-11-14-27(21(2)15-20)32-30-28-17-26-16-24(23-9-7-6-8-10-23)12-13-25(26)18-29(28)34(5)31(30)22(3)19-33(32)4;1-16-9-11-19(17(2)13-16)23-14-24-22(15-26(23)3)21-12-10-18-7-5-6-8-20(18)25(21)27(24)4;1-16-8-4-6-10-18(16)22-14-23-21(15-25(22)2)20-13-12-17-9-5-7-11-19(17)24(20)26(23)3/h6-19H,1-5H3;5-15H,1-4H3;4-15H,1-3H3/q3*+1/i1D3,3D3;;. The molecule has 6 heteroatoms. The quantitative estimate of drug-likeness (QED) is 0.157. The average molecular weight is 1140 g/mol. The second-order valence-corrected chi connectivity index (χ2v) is 23.9. The normalized spacial score (nSPS) is 13.0. The number of aryl methyl sites for hydroxylation is 12. The molecule has 87 heavy (non-hydrogen) atoms. The van der Waals surface area contributed by atoms with E-state index in [2.05, 4.69) is 249 Å².